The summed E-state index contributed by atoms with van der Waals surface area (Å²) in [5.41, 5.74) is 3.39. The van der Waals surface area contributed by atoms with E-state index in [1.807, 2.05) is 19.1 Å². The number of nitrogens with zero attached hydrogens (tertiary/aromatic N) is 1. The molecule has 3 aromatic rings. The molecule has 2 N–H and O–H groups in total. The molecule has 1 aromatic carbocycles. The molecule has 0 saturated heterocycles. The Bertz CT molecular complexity index is 917. The number of aromatic amines is 1. The lowest BCUT2D eigenvalue weighted by molar-refractivity contribution is 0.0663. The van der Waals surface area contributed by atoms with Crippen molar-refractivity contribution in [3.05, 3.63) is 41.2 Å². The van der Waals surface area contributed by atoms with Crippen molar-refractivity contribution in [2.75, 3.05) is 13.7 Å². The number of carbonyl (C=O) groups is 1. The van der Waals surface area contributed by atoms with Crippen LogP contribution in [0.2, 0.25) is 0 Å². The van der Waals surface area contributed by atoms with Gasteiger partial charge in [0, 0.05) is 35.6 Å². The van der Waals surface area contributed by atoms with Crippen molar-refractivity contribution < 1.29 is 19.4 Å². The molecule has 0 aliphatic carbocycles. The number of methoxy groups -OCH3 is 1. The van der Waals surface area contributed by atoms with Gasteiger partial charge in [-0.3, -0.25) is 0 Å². The van der Waals surface area contributed by atoms with Crippen LogP contribution in [0.1, 0.15) is 48.0 Å². The third kappa shape index (κ3) is 3.23. The molecule has 1 unspecified atom stereocenters. The van der Waals surface area contributed by atoms with Gasteiger partial charge in [-0.05, 0) is 31.0 Å². The predicted molar refractivity (Wildman–Crippen MR) is 95.9 cm³/mol. The summed E-state index contributed by atoms with van der Waals surface area (Å²) < 4.78 is 11.0. The van der Waals surface area contributed by atoms with E-state index < -0.39 is 5.97 Å². The van der Waals surface area contributed by atoms with Crippen molar-refractivity contribution in [3.63, 3.8) is 0 Å². The Hall–Kier alpha value is -2.44. The minimum Gasteiger partial charge on any atom is -0.477 e. The van der Waals surface area contributed by atoms with Crippen molar-refractivity contribution in [1.29, 1.82) is 0 Å². The Kier molecular flexibility index (Phi) is 5.01. The number of pyridine rings is 1. The SMILES string of the molecule is CCCOC(C)c1ccc2[nH]c3cnc(C(=O)O)c(COC)c3c2c1. The molecule has 25 heavy (non-hydrogen) atoms. The van der Waals surface area contributed by atoms with Gasteiger partial charge in [0.05, 0.1) is 24.4 Å². The lowest BCUT2D eigenvalue weighted by atomic mass is 10.0. The highest BCUT2D eigenvalue weighted by Gasteiger charge is 2.19. The van der Waals surface area contributed by atoms with Crippen LogP contribution in [0.5, 0.6) is 0 Å². The Morgan fingerprint density at radius 2 is 2.16 bits per heavy atom. The van der Waals surface area contributed by atoms with E-state index in [0.29, 0.717) is 12.2 Å². The van der Waals surface area contributed by atoms with Gasteiger partial charge in [-0.2, -0.15) is 0 Å². The average Bonchev–Trinajstić information content (AvgIpc) is 2.97. The van der Waals surface area contributed by atoms with E-state index in [-0.39, 0.29) is 18.4 Å². The Morgan fingerprint density at radius 1 is 1.36 bits per heavy atom. The van der Waals surface area contributed by atoms with Crippen LogP contribution in [-0.2, 0) is 16.1 Å². The molecule has 3 rings (SSSR count). The number of hydrogen-bond donors (Lipinski definition) is 2. The molecule has 0 bridgehead atoms. The molecule has 0 fully saturated rings. The number of benzene rings is 1. The standard InChI is InChI=1S/C19H22N2O4/c1-4-7-25-11(2)12-5-6-15-13(8-12)17-14(10-24-3)18(19(22)23)20-9-16(17)21-15/h5-6,8-9,11,21H,4,7,10H2,1-3H3,(H,22,23). The van der Waals surface area contributed by atoms with Gasteiger partial charge in [-0.1, -0.05) is 13.0 Å². The van der Waals surface area contributed by atoms with Gasteiger partial charge >= 0.3 is 5.97 Å². The maximum atomic E-state index is 11.5. The quantitative estimate of drug-likeness (QED) is 0.677. The van der Waals surface area contributed by atoms with Crippen LogP contribution >= 0.6 is 0 Å². The van der Waals surface area contributed by atoms with E-state index in [1.54, 1.807) is 13.3 Å². The van der Waals surface area contributed by atoms with Gasteiger partial charge in [-0.25, -0.2) is 9.78 Å². The second-order valence-electron chi connectivity index (χ2n) is 6.06. The molecule has 1 atom stereocenters. The monoisotopic (exact) mass is 342 g/mol. The number of hydrogen-bond acceptors (Lipinski definition) is 4. The number of carboxylic acids is 1. The van der Waals surface area contributed by atoms with Gasteiger partial charge in [0.25, 0.3) is 0 Å². The molecule has 2 aromatic heterocycles. The Morgan fingerprint density at radius 3 is 2.84 bits per heavy atom. The molecule has 0 amide bonds. The van der Waals surface area contributed by atoms with Gasteiger partial charge in [-0.15, -0.1) is 0 Å². The summed E-state index contributed by atoms with van der Waals surface area (Å²) in [6, 6.07) is 6.08. The highest BCUT2D eigenvalue weighted by atomic mass is 16.5. The minimum absolute atomic E-state index is 0.0240. The fraction of sp³-hybridized carbons (Fsp3) is 0.368. The molecule has 0 radical (unpaired) electrons. The molecule has 6 nitrogen and oxygen atoms in total. The molecule has 0 saturated carbocycles. The number of ether oxygens (including phenoxy) is 2. The first-order valence-corrected chi connectivity index (χ1v) is 8.33. The smallest absolute Gasteiger partial charge is 0.354 e. The summed E-state index contributed by atoms with van der Waals surface area (Å²) >= 11 is 0. The highest BCUT2D eigenvalue weighted by Crippen LogP contribution is 2.32. The fourth-order valence-electron chi connectivity index (χ4n) is 3.09. The Balaban J connectivity index is 2.21. The van der Waals surface area contributed by atoms with Gasteiger partial charge in [0.1, 0.15) is 0 Å². The number of nitrogens with one attached hydrogen (secondary N) is 1. The molecule has 6 heteroatoms. The van der Waals surface area contributed by atoms with Crippen LogP contribution in [0.25, 0.3) is 21.8 Å². The van der Waals surface area contributed by atoms with E-state index in [2.05, 4.69) is 23.0 Å². The third-order valence-electron chi connectivity index (χ3n) is 4.29. The Labute approximate surface area is 145 Å². The molecule has 0 aliphatic rings. The van der Waals surface area contributed by atoms with Crippen LogP contribution in [-0.4, -0.2) is 34.8 Å². The number of rotatable bonds is 7. The number of H-pyrrole nitrogens is 1. The normalized spacial score (nSPS) is 12.8. The zero-order chi connectivity index (χ0) is 18.0. The summed E-state index contributed by atoms with van der Waals surface area (Å²) in [5, 5.41) is 11.2. The fourth-order valence-corrected chi connectivity index (χ4v) is 3.09. The molecule has 0 aliphatic heterocycles. The van der Waals surface area contributed by atoms with E-state index in [1.165, 1.54) is 0 Å². The van der Waals surface area contributed by atoms with Gasteiger partial charge in [0.15, 0.2) is 5.69 Å². The number of fused-ring (bicyclic) bond motifs is 3. The summed E-state index contributed by atoms with van der Waals surface area (Å²) in [4.78, 5) is 18.9. The number of aromatic nitrogens is 2. The number of carboxylic acid groups (broad SMARTS) is 1. The van der Waals surface area contributed by atoms with Crippen LogP contribution in [0.4, 0.5) is 0 Å². The maximum absolute atomic E-state index is 11.5. The predicted octanol–water partition coefficient (Wildman–Crippen LogP) is 4.05. The van der Waals surface area contributed by atoms with E-state index >= 15 is 0 Å². The van der Waals surface area contributed by atoms with Crippen LogP contribution in [0.3, 0.4) is 0 Å². The molecular weight excluding hydrogens is 320 g/mol. The maximum Gasteiger partial charge on any atom is 0.354 e. The van der Waals surface area contributed by atoms with E-state index in [0.717, 1.165) is 33.8 Å². The largest absolute Gasteiger partial charge is 0.477 e. The summed E-state index contributed by atoms with van der Waals surface area (Å²) in [5.74, 6) is -1.06. The van der Waals surface area contributed by atoms with Crippen molar-refractivity contribution in [1.82, 2.24) is 9.97 Å². The first-order chi connectivity index (χ1) is 12.1. The van der Waals surface area contributed by atoms with E-state index in [9.17, 15) is 9.90 Å². The first kappa shape index (κ1) is 17.4. The zero-order valence-electron chi connectivity index (χ0n) is 14.6. The second kappa shape index (κ2) is 7.21. The third-order valence-corrected chi connectivity index (χ3v) is 4.29. The van der Waals surface area contributed by atoms with Crippen LogP contribution in [0, 0.1) is 0 Å². The topological polar surface area (TPSA) is 84.4 Å². The van der Waals surface area contributed by atoms with Crippen molar-refractivity contribution in [2.45, 2.75) is 33.0 Å². The molecule has 0 spiro atoms. The summed E-state index contributed by atoms with van der Waals surface area (Å²) in [6.07, 6.45) is 2.50. The minimum atomic E-state index is -1.06. The summed E-state index contributed by atoms with van der Waals surface area (Å²) in [7, 11) is 1.55. The molecule has 132 valence electrons. The lowest BCUT2D eigenvalue weighted by Crippen LogP contribution is -2.07. The van der Waals surface area contributed by atoms with Crippen molar-refractivity contribution in [2.24, 2.45) is 0 Å². The first-order valence-electron chi connectivity index (χ1n) is 8.33. The highest BCUT2D eigenvalue weighted by molar-refractivity contribution is 6.11. The lowest BCUT2D eigenvalue weighted by Gasteiger charge is -2.13. The molecule has 2 heterocycles. The van der Waals surface area contributed by atoms with Crippen LogP contribution < -0.4 is 0 Å². The van der Waals surface area contributed by atoms with Crippen molar-refractivity contribution >= 4 is 27.8 Å². The van der Waals surface area contributed by atoms with Crippen LogP contribution in [0.15, 0.2) is 24.4 Å². The van der Waals surface area contributed by atoms with Gasteiger partial charge < -0.3 is 19.6 Å². The molecular formula is C19H22N2O4. The zero-order valence-corrected chi connectivity index (χ0v) is 14.6. The number of aromatic carboxylic acids is 1. The second-order valence-corrected chi connectivity index (χ2v) is 6.06. The average molecular weight is 342 g/mol. The van der Waals surface area contributed by atoms with E-state index in [4.69, 9.17) is 9.47 Å². The van der Waals surface area contributed by atoms with Gasteiger partial charge in [0.2, 0.25) is 0 Å². The summed E-state index contributed by atoms with van der Waals surface area (Å²) in [6.45, 7) is 4.99. The van der Waals surface area contributed by atoms with Crippen molar-refractivity contribution in [3.8, 4) is 0 Å².